The van der Waals surface area contributed by atoms with Crippen LogP contribution in [0.3, 0.4) is 0 Å². The molecule has 1 amide bonds. The van der Waals surface area contributed by atoms with Crippen LogP contribution >= 0.6 is 0 Å². The van der Waals surface area contributed by atoms with Crippen molar-refractivity contribution >= 4 is 23.6 Å². The van der Waals surface area contributed by atoms with Crippen LogP contribution in [0.15, 0.2) is 64.3 Å². The van der Waals surface area contributed by atoms with E-state index in [1.807, 2.05) is 66.5 Å². The molecule has 2 aromatic heterocycles. The SMILES string of the molecule is CCc1ccc(/C=N/NC(=O)c2nnn(-c3nonc3N)c2CN(C)c2ccccc2)cc1. The molecular weight excluding hydrogens is 422 g/mol. The van der Waals surface area contributed by atoms with Crippen LogP contribution in [0.2, 0.25) is 0 Å². The average molecular weight is 445 g/mol. The summed E-state index contributed by atoms with van der Waals surface area (Å²) in [6.07, 6.45) is 2.52. The normalized spacial score (nSPS) is 11.1. The summed E-state index contributed by atoms with van der Waals surface area (Å²) in [6.45, 7) is 2.38. The second kappa shape index (κ2) is 9.73. The second-order valence-corrected chi connectivity index (χ2v) is 7.26. The van der Waals surface area contributed by atoms with E-state index in [1.54, 1.807) is 6.21 Å². The topological polar surface area (TPSA) is 140 Å². The van der Waals surface area contributed by atoms with Gasteiger partial charge < -0.3 is 10.6 Å². The van der Waals surface area contributed by atoms with Gasteiger partial charge in [0.1, 0.15) is 0 Å². The molecule has 2 heterocycles. The number of nitrogen functional groups attached to an aromatic ring is 1. The summed E-state index contributed by atoms with van der Waals surface area (Å²) in [5.74, 6) is -0.337. The van der Waals surface area contributed by atoms with E-state index in [2.05, 4.69) is 38.1 Å². The lowest BCUT2D eigenvalue weighted by Crippen LogP contribution is -2.24. The number of carbonyl (C=O) groups is 1. The molecule has 0 fully saturated rings. The number of aryl methyl sites for hydroxylation is 1. The van der Waals surface area contributed by atoms with Gasteiger partial charge in [-0.15, -0.1) is 5.10 Å². The van der Waals surface area contributed by atoms with Gasteiger partial charge in [0.25, 0.3) is 5.91 Å². The second-order valence-electron chi connectivity index (χ2n) is 7.26. The average Bonchev–Trinajstić information content (AvgIpc) is 3.45. The molecule has 3 N–H and O–H groups in total. The summed E-state index contributed by atoms with van der Waals surface area (Å²) >= 11 is 0. The predicted octanol–water partition coefficient (Wildman–Crippen LogP) is 2.20. The lowest BCUT2D eigenvalue weighted by molar-refractivity contribution is 0.0949. The minimum absolute atomic E-state index is 0.0315. The quantitative estimate of drug-likeness (QED) is 0.311. The minimum Gasteiger partial charge on any atom is -0.378 e. The zero-order chi connectivity index (χ0) is 23.2. The summed E-state index contributed by atoms with van der Waals surface area (Å²) in [6, 6.07) is 17.6. The van der Waals surface area contributed by atoms with E-state index in [-0.39, 0.29) is 23.9 Å². The zero-order valence-corrected chi connectivity index (χ0v) is 18.2. The van der Waals surface area contributed by atoms with E-state index in [0.29, 0.717) is 5.69 Å². The number of hydrazone groups is 1. The first kappa shape index (κ1) is 21.7. The first-order valence-corrected chi connectivity index (χ1v) is 10.3. The van der Waals surface area contributed by atoms with E-state index in [0.717, 1.165) is 17.7 Å². The van der Waals surface area contributed by atoms with Crippen LogP contribution in [0.25, 0.3) is 5.82 Å². The van der Waals surface area contributed by atoms with E-state index in [4.69, 9.17) is 10.4 Å². The van der Waals surface area contributed by atoms with Crippen molar-refractivity contribution in [1.82, 2.24) is 30.7 Å². The number of benzene rings is 2. The first-order chi connectivity index (χ1) is 16.1. The lowest BCUT2D eigenvalue weighted by atomic mass is 10.1. The van der Waals surface area contributed by atoms with Gasteiger partial charge in [-0.05, 0) is 40.0 Å². The summed E-state index contributed by atoms with van der Waals surface area (Å²) in [5.41, 5.74) is 11.9. The fourth-order valence-electron chi connectivity index (χ4n) is 3.18. The fourth-order valence-corrected chi connectivity index (χ4v) is 3.18. The molecule has 0 radical (unpaired) electrons. The molecule has 4 rings (SSSR count). The highest BCUT2D eigenvalue weighted by Gasteiger charge is 2.25. The van der Waals surface area contributed by atoms with Crippen molar-refractivity contribution in [1.29, 1.82) is 0 Å². The number of anilines is 2. The van der Waals surface area contributed by atoms with Gasteiger partial charge in [0.15, 0.2) is 5.69 Å². The Labute approximate surface area is 189 Å². The van der Waals surface area contributed by atoms with Crippen molar-refractivity contribution in [3.63, 3.8) is 0 Å². The van der Waals surface area contributed by atoms with Gasteiger partial charge in [-0.1, -0.05) is 54.6 Å². The molecule has 11 nitrogen and oxygen atoms in total. The number of carbonyl (C=O) groups excluding carboxylic acids is 1. The number of para-hydroxylation sites is 1. The standard InChI is InChI=1S/C22H23N9O2/c1-3-15-9-11-16(12-10-15)13-24-26-22(32)19-18(14-30(2)17-7-5-4-6-8-17)31(29-25-19)21-20(23)27-33-28-21/h4-13H,3,14H2,1-2H3,(H2,23,27)(H,26,32)/b24-13+. The number of hydrogen-bond donors (Lipinski definition) is 2. The molecule has 0 aliphatic carbocycles. The molecule has 0 spiro atoms. The van der Waals surface area contributed by atoms with Gasteiger partial charge in [0.05, 0.1) is 18.5 Å². The first-order valence-electron chi connectivity index (χ1n) is 10.3. The number of hydrogen-bond acceptors (Lipinski definition) is 9. The van der Waals surface area contributed by atoms with Crippen LogP contribution in [0.4, 0.5) is 11.5 Å². The molecular formula is C22H23N9O2. The zero-order valence-electron chi connectivity index (χ0n) is 18.2. The molecule has 0 bridgehead atoms. The van der Waals surface area contributed by atoms with Crippen LogP contribution in [0.5, 0.6) is 0 Å². The van der Waals surface area contributed by atoms with Gasteiger partial charge in [0, 0.05) is 12.7 Å². The van der Waals surface area contributed by atoms with Gasteiger partial charge in [-0.2, -0.15) is 9.78 Å². The van der Waals surface area contributed by atoms with Crippen molar-refractivity contribution in [3.05, 3.63) is 77.1 Å². The Morgan fingerprint density at radius 2 is 1.94 bits per heavy atom. The number of rotatable bonds is 8. The Balaban J connectivity index is 1.58. The Hall–Kier alpha value is -4.54. The molecule has 168 valence electrons. The fraction of sp³-hybridized carbons (Fsp3) is 0.182. The van der Waals surface area contributed by atoms with Crippen LogP contribution in [-0.4, -0.2) is 44.5 Å². The Morgan fingerprint density at radius 1 is 1.18 bits per heavy atom. The van der Waals surface area contributed by atoms with Gasteiger partial charge in [0.2, 0.25) is 11.6 Å². The minimum atomic E-state index is -0.519. The summed E-state index contributed by atoms with van der Waals surface area (Å²) in [7, 11) is 1.89. The predicted molar refractivity (Wildman–Crippen MR) is 123 cm³/mol. The van der Waals surface area contributed by atoms with Gasteiger partial charge in [-0.3, -0.25) is 4.79 Å². The number of nitrogens with two attached hydrogens (primary N) is 1. The molecule has 33 heavy (non-hydrogen) atoms. The Bertz CT molecular complexity index is 1250. The van der Waals surface area contributed by atoms with E-state index in [9.17, 15) is 4.79 Å². The Kier molecular flexibility index (Phi) is 6.39. The number of amides is 1. The van der Waals surface area contributed by atoms with Crippen LogP contribution in [0, 0.1) is 0 Å². The summed E-state index contributed by atoms with van der Waals surface area (Å²) in [5, 5.41) is 19.5. The smallest absolute Gasteiger partial charge is 0.293 e. The molecule has 0 saturated carbocycles. The van der Waals surface area contributed by atoms with Crippen molar-refractivity contribution in [3.8, 4) is 5.82 Å². The number of nitrogens with zero attached hydrogens (tertiary/aromatic N) is 7. The largest absolute Gasteiger partial charge is 0.378 e. The third-order valence-electron chi connectivity index (χ3n) is 5.03. The van der Waals surface area contributed by atoms with Crippen molar-refractivity contribution in [2.45, 2.75) is 19.9 Å². The number of aromatic nitrogens is 5. The van der Waals surface area contributed by atoms with Gasteiger partial charge >= 0.3 is 0 Å². The molecule has 4 aromatic rings. The maximum atomic E-state index is 12.9. The highest BCUT2D eigenvalue weighted by Crippen LogP contribution is 2.20. The van der Waals surface area contributed by atoms with E-state index >= 15 is 0 Å². The lowest BCUT2D eigenvalue weighted by Gasteiger charge is -2.19. The summed E-state index contributed by atoms with van der Waals surface area (Å²) in [4.78, 5) is 14.8. The van der Waals surface area contributed by atoms with Crippen LogP contribution in [0.1, 0.15) is 34.2 Å². The molecule has 0 aliphatic rings. The Morgan fingerprint density at radius 3 is 2.61 bits per heavy atom. The monoisotopic (exact) mass is 445 g/mol. The maximum absolute atomic E-state index is 12.9. The third-order valence-corrected chi connectivity index (χ3v) is 5.03. The molecule has 0 atom stereocenters. The van der Waals surface area contributed by atoms with Crippen molar-refractivity contribution in [2.24, 2.45) is 5.10 Å². The molecule has 11 heteroatoms. The van der Waals surface area contributed by atoms with Crippen molar-refractivity contribution in [2.75, 3.05) is 17.7 Å². The van der Waals surface area contributed by atoms with E-state index < -0.39 is 5.91 Å². The molecule has 0 unspecified atom stereocenters. The van der Waals surface area contributed by atoms with Crippen LogP contribution < -0.4 is 16.1 Å². The van der Waals surface area contributed by atoms with Crippen molar-refractivity contribution < 1.29 is 9.42 Å². The maximum Gasteiger partial charge on any atom is 0.293 e. The van der Waals surface area contributed by atoms with E-state index in [1.165, 1.54) is 10.2 Å². The molecule has 2 aromatic carbocycles. The summed E-state index contributed by atoms with van der Waals surface area (Å²) < 4.78 is 6.03. The molecule has 0 aliphatic heterocycles. The number of nitrogens with one attached hydrogen (secondary N) is 1. The third kappa shape index (κ3) is 4.87. The highest BCUT2D eigenvalue weighted by atomic mass is 16.6. The highest BCUT2D eigenvalue weighted by molar-refractivity contribution is 5.94. The molecule has 0 saturated heterocycles. The van der Waals surface area contributed by atoms with Gasteiger partial charge in [-0.25, -0.2) is 10.1 Å². The van der Waals surface area contributed by atoms with Crippen LogP contribution in [-0.2, 0) is 13.0 Å².